The number of ether oxygens (including phenoxy) is 1. The summed E-state index contributed by atoms with van der Waals surface area (Å²) in [7, 11) is 1.66. The van der Waals surface area contributed by atoms with E-state index in [0.29, 0.717) is 38.5 Å². The Bertz CT molecular complexity index is 824. The van der Waals surface area contributed by atoms with Gasteiger partial charge < -0.3 is 14.5 Å². The highest BCUT2D eigenvalue weighted by Crippen LogP contribution is 2.46. The molecule has 1 unspecified atom stereocenters. The molecule has 8 heteroatoms. The van der Waals surface area contributed by atoms with E-state index in [-0.39, 0.29) is 28.7 Å². The summed E-state index contributed by atoms with van der Waals surface area (Å²) in [5.74, 6) is 0.291. The van der Waals surface area contributed by atoms with Gasteiger partial charge in [-0.2, -0.15) is 18.4 Å². The molecule has 164 valence electrons. The van der Waals surface area contributed by atoms with E-state index in [1.54, 1.807) is 19.2 Å². The molecule has 5 nitrogen and oxygen atoms in total. The van der Waals surface area contributed by atoms with Crippen LogP contribution in [0.4, 0.5) is 18.9 Å². The second-order valence-electron chi connectivity index (χ2n) is 8.71. The Balaban J connectivity index is 1.78. The second kappa shape index (κ2) is 8.46. The number of likely N-dealkylation sites (tertiary alicyclic amines) is 1. The fourth-order valence-electron chi connectivity index (χ4n) is 4.83. The van der Waals surface area contributed by atoms with Crippen LogP contribution in [-0.4, -0.2) is 50.7 Å². The van der Waals surface area contributed by atoms with Gasteiger partial charge in [-0.1, -0.05) is 13.8 Å². The summed E-state index contributed by atoms with van der Waals surface area (Å²) in [6.07, 6.45) is -3.00. The number of alkyl halides is 3. The Morgan fingerprint density at radius 3 is 2.53 bits per heavy atom. The summed E-state index contributed by atoms with van der Waals surface area (Å²) in [4.78, 5) is 16.4. The van der Waals surface area contributed by atoms with Gasteiger partial charge in [-0.05, 0) is 36.5 Å². The smallest absolute Gasteiger partial charge is 0.384 e. The van der Waals surface area contributed by atoms with E-state index in [1.807, 2.05) is 23.6 Å². The first kappa shape index (κ1) is 22.4. The van der Waals surface area contributed by atoms with Gasteiger partial charge in [-0.15, -0.1) is 0 Å². The van der Waals surface area contributed by atoms with E-state index in [4.69, 9.17) is 10.00 Å². The molecular weight excluding hydrogens is 395 g/mol. The highest BCUT2D eigenvalue weighted by atomic mass is 19.4. The first-order valence-corrected chi connectivity index (χ1v) is 10.3. The molecule has 1 spiro atoms. The minimum Gasteiger partial charge on any atom is -0.384 e. The van der Waals surface area contributed by atoms with Crippen LogP contribution in [0.2, 0.25) is 0 Å². The molecule has 0 aromatic heterocycles. The summed E-state index contributed by atoms with van der Waals surface area (Å²) in [5, 5.41) is 9.00. The average molecular weight is 423 g/mol. The van der Waals surface area contributed by atoms with Gasteiger partial charge in [0, 0.05) is 50.8 Å². The van der Waals surface area contributed by atoms with Crippen molar-refractivity contribution in [3.8, 4) is 6.07 Å². The molecule has 1 atom stereocenters. The number of amides is 1. The van der Waals surface area contributed by atoms with Crippen molar-refractivity contribution in [3.63, 3.8) is 0 Å². The van der Waals surface area contributed by atoms with Gasteiger partial charge in [0.2, 0.25) is 5.91 Å². The first-order chi connectivity index (χ1) is 14.1. The first-order valence-electron chi connectivity index (χ1n) is 10.3. The topological polar surface area (TPSA) is 56.6 Å². The molecule has 0 bridgehead atoms. The second-order valence-corrected chi connectivity index (χ2v) is 8.71. The molecule has 2 fully saturated rings. The zero-order valence-corrected chi connectivity index (χ0v) is 17.6. The Hall–Kier alpha value is -2.27. The Labute approximate surface area is 175 Å². The predicted molar refractivity (Wildman–Crippen MR) is 107 cm³/mol. The number of nitrogens with zero attached hydrogens (tertiary/aromatic N) is 3. The third-order valence-corrected chi connectivity index (χ3v) is 6.54. The lowest BCUT2D eigenvalue weighted by atomic mass is 9.71. The van der Waals surface area contributed by atoms with Gasteiger partial charge in [0.1, 0.15) is 0 Å². The molecule has 1 amide bonds. The van der Waals surface area contributed by atoms with Crippen LogP contribution in [0.1, 0.15) is 37.8 Å². The number of hydrogen-bond donors (Lipinski definition) is 0. The maximum absolute atomic E-state index is 13.3. The largest absolute Gasteiger partial charge is 0.417 e. The van der Waals surface area contributed by atoms with Crippen molar-refractivity contribution in [1.29, 1.82) is 5.26 Å². The fourth-order valence-corrected chi connectivity index (χ4v) is 4.83. The summed E-state index contributed by atoms with van der Waals surface area (Å²) in [5.41, 5.74) is -0.850. The number of benzene rings is 1. The van der Waals surface area contributed by atoms with Crippen LogP contribution in [0, 0.1) is 28.6 Å². The minimum absolute atomic E-state index is 0.0668. The summed E-state index contributed by atoms with van der Waals surface area (Å²) in [6, 6.07) is 5.53. The molecule has 30 heavy (non-hydrogen) atoms. The molecule has 0 aliphatic carbocycles. The number of carbonyl (C=O) groups is 1. The van der Waals surface area contributed by atoms with Crippen LogP contribution in [0.5, 0.6) is 0 Å². The van der Waals surface area contributed by atoms with Crippen molar-refractivity contribution in [1.82, 2.24) is 4.90 Å². The van der Waals surface area contributed by atoms with E-state index >= 15 is 0 Å². The normalized spacial score (nSPS) is 21.3. The molecule has 2 heterocycles. The van der Waals surface area contributed by atoms with Crippen molar-refractivity contribution in [2.45, 2.75) is 32.9 Å². The molecule has 0 saturated carbocycles. The minimum atomic E-state index is -4.56. The highest BCUT2D eigenvalue weighted by molar-refractivity contribution is 5.78. The Kier molecular flexibility index (Phi) is 6.32. The fraction of sp³-hybridized carbons (Fsp3) is 0.636. The van der Waals surface area contributed by atoms with Gasteiger partial charge in [0.05, 0.1) is 23.8 Å². The molecule has 3 rings (SSSR count). The number of carbonyl (C=O) groups excluding carboxylic acids is 1. The van der Waals surface area contributed by atoms with E-state index in [2.05, 4.69) is 0 Å². The van der Waals surface area contributed by atoms with Gasteiger partial charge in [0.15, 0.2) is 0 Å². The van der Waals surface area contributed by atoms with Gasteiger partial charge in [-0.3, -0.25) is 4.79 Å². The number of nitriles is 1. The molecule has 2 saturated heterocycles. The standard InChI is InChI=1S/C22H28F3N3O2/c1-15(2)20(29)28-12-17(13-30-3)21(14-28)6-8-27(9-7-21)18-5-4-16(11-26)19(10-18)22(23,24)25/h4-5,10,15,17H,6-9,12-14H2,1-3H3. The number of hydrogen-bond acceptors (Lipinski definition) is 4. The molecule has 1 aromatic carbocycles. The van der Waals surface area contributed by atoms with Crippen molar-refractivity contribution >= 4 is 11.6 Å². The molecule has 1 aromatic rings. The number of piperidine rings is 1. The van der Waals surface area contributed by atoms with E-state index in [0.717, 1.165) is 18.9 Å². The van der Waals surface area contributed by atoms with Gasteiger partial charge in [0.25, 0.3) is 0 Å². The van der Waals surface area contributed by atoms with Crippen molar-refractivity contribution < 1.29 is 22.7 Å². The third kappa shape index (κ3) is 4.27. The highest BCUT2D eigenvalue weighted by Gasteiger charge is 2.49. The summed E-state index contributed by atoms with van der Waals surface area (Å²) >= 11 is 0. The van der Waals surface area contributed by atoms with Crippen LogP contribution in [0.3, 0.4) is 0 Å². The lowest BCUT2D eigenvalue weighted by Gasteiger charge is -2.43. The molecule has 2 aliphatic rings. The number of anilines is 1. The van der Waals surface area contributed by atoms with Crippen LogP contribution in [0.15, 0.2) is 18.2 Å². The SMILES string of the molecule is COCC1CN(C(=O)C(C)C)CC12CCN(c1ccc(C#N)c(C(F)(F)F)c1)CC2. The summed E-state index contributed by atoms with van der Waals surface area (Å²) in [6.45, 7) is 6.90. The average Bonchev–Trinajstić information content (AvgIpc) is 3.04. The summed E-state index contributed by atoms with van der Waals surface area (Å²) < 4.78 is 45.4. The Morgan fingerprint density at radius 2 is 2.00 bits per heavy atom. The van der Waals surface area contributed by atoms with Gasteiger partial charge in [-0.25, -0.2) is 0 Å². The van der Waals surface area contributed by atoms with Crippen molar-refractivity contribution in [3.05, 3.63) is 29.3 Å². The number of rotatable bonds is 4. The molecule has 0 radical (unpaired) electrons. The molecular formula is C22H28F3N3O2. The lowest BCUT2D eigenvalue weighted by Crippen LogP contribution is -2.45. The number of halogens is 3. The quantitative estimate of drug-likeness (QED) is 0.737. The molecule has 0 N–H and O–H groups in total. The monoisotopic (exact) mass is 423 g/mol. The van der Waals surface area contributed by atoms with E-state index in [1.165, 1.54) is 6.07 Å². The maximum Gasteiger partial charge on any atom is 0.417 e. The number of methoxy groups -OCH3 is 1. The van der Waals surface area contributed by atoms with Crippen LogP contribution >= 0.6 is 0 Å². The zero-order chi connectivity index (χ0) is 22.1. The predicted octanol–water partition coefficient (Wildman–Crippen LogP) is 3.92. The Morgan fingerprint density at radius 1 is 1.33 bits per heavy atom. The van der Waals surface area contributed by atoms with Crippen molar-refractivity contribution in [2.24, 2.45) is 17.3 Å². The zero-order valence-electron chi connectivity index (χ0n) is 17.6. The van der Waals surface area contributed by atoms with E-state index in [9.17, 15) is 18.0 Å². The van der Waals surface area contributed by atoms with Gasteiger partial charge >= 0.3 is 6.18 Å². The third-order valence-electron chi connectivity index (χ3n) is 6.54. The van der Waals surface area contributed by atoms with Crippen LogP contribution < -0.4 is 4.90 Å². The van der Waals surface area contributed by atoms with Crippen LogP contribution in [-0.2, 0) is 15.7 Å². The van der Waals surface area contributed by atoms with Crippen molar-refractivity contribution in [2.75, 3.05) is 44.8 Å². The maximum atomic E-state index is 13.3. The van der Waals surface area contributed by atoms with E-state index < -0.39 is 11.7 Å². The van der Waals surface area contributed by atoms with Crippen LogP contribution in [0.25, 0.3) is 0 Å². The molecule has 2 aliphatic heterocycles. The lowest BCUT2D eigenvalue weighted by molar-refractivity contribution is -0.137.